The third-order valence-electron chi connectivity index (χ3n) is 2.13. The van der Waals surface area contributed by atoms with Crippen molar-refractivity contribution in [2.45, 2.75) is 19.8 Å². The molecule has 12 heavy (non-hydrogen) atoms. The van der Waals surface area contributed by atoms with Crippen LogP contribution in [0.25, 0.3) is 6.08 Å². The van der Waals surface area contributed by atoms with Crippen molar-refractivity contribution < 1.29 is 0 Å². The Hall–Kier alpha value is -0.820. The summed E-state index contributed by atoms with van der Waals surface area (Å²) in [7, 11) is 0. The summed E-state index contributed by atoms with van der Waals surface area (Å²) in [6.07, 6.45) is 4.32. The van der Waals surface area contributed by atoms with Crippen molar-refractivity contribution in [2.75, 3.05) is 0 Å². The first-order valence-corrected chi connectivity index (χ1v) is 4.46. The van der Waals surface area contributed by atoms with Crippen molar-refractivity contribution in [2.24, 2.45) is 0 Å². The van der Waals surface area contributed by atoms with Gasteiger partial charge in [-0.3, -0.25) is 0 Å². The lowest BCUT2D eigenvalue weighted by molar-refractivity contribution is 0.884. The molecule has 1 aromatic rings. The summed E-state index contributed by atoms with van der Waals surface area (Å²) >= 11 is 5.78. The molecule has 0 radical (unpaired) electrons. The van der Waals surface area contributed by atoms with E-state index in [0.29, 0.717) is 5.15 Å². The number of aromatic nitrogens is 1. The van der Waals surface area contributed by atoms with Gasteiger partial charge in [0.2, 0.25) is 0 Å². The lowest BCUT2D eigenvalue weighted by atomic mass is 9.98. The van der Waals surface area contributed by atoms with Crippen LogP contribution in [-0.2, 0) is 6.42 Å². The molecule has 0 spiro atoms. The van der Waals surface area contributed by atoms with E-state index in [1.54, 1.807) is 0 Å². The van der Waals surface area contributed by atoms with Gasteiger partial charge in [-0.25, -0.2) is 4.98 Å². The van der Waals surface area contributed by atoms with Gasteiger partial charge in [-0.15, -0.1) is 0 Å². The first-order valence-electron chi connectivity index (χ1n) is 4.08. The highest BCUT2D eigenvalue weighted by atomic mass is 35.5. The number of allylic oxidation sites excluding steroid dienone is 1. The molecule has 1 aliphatic rings. The molecule has 0 N–H and O–H groups in total. The van der Waals surface area contributed by atoms with Crippen LogP contribution in [0.4, 0.5) is 0 Å². The first kappa shape index (κ1) is 7.81. The van der Waals surface area contributed by atoms with Crippen LogP contribution in [-0.4, -0.2) is 4.98 Å². The maximum Gasteiger partial charge on any atom is 0.129 e. The van der Waals surface area contributed by atoms with Gasteiger partial charge in [0, 0.05) is 5.69 Å². The van der Waals surface area contributed by atoms with Crippen LogP contribution in [0.5, 0.6) is 0 Å². The third-order valence-corrected chi connectivity index (χ3v) is 2.34. The molecule has 2 heteroatoms. The number of rotatable bonds is 0. The van der Waals surface area contributed by atoms with Gasteiger partial charge in [0.1, 0.15) is 5.15 Å². The van der Waals surface area contributed by atoms with Crippen LogP contribution in [0, 0.1) is 0 Å². The summed E-state index contributed by atoms with van der Waals surface area (Å²) < 4.78 is 0. The second kappa shape index (κ2) is 2.91. The van der Waals surface area contributed by atoms with E-state index >= 15 is 0 Å². The van der Waals surface area contributed by atoms with E-state index in [0.717, 1.165) is 18.5 Å². The lowest BCUT2D eigenvalue weighted by Gasteiger charge is -2.12. The van der Waals surface area contributed by atoms with Gasteiger partial charge < -0.3 is 0 Å². The molecule has 0 saturated heterocycles. The number of nitrogens with zero attached hydrogens (tertiary/aromatic N) is 1. The number of fused-ring (bicyclic) bond motifs is 1. The molecule has 0 aliphatic heterocycles. The zero-order chi connectivity index (χ0) is 8.55. The largest absolute Gasteiger partial charge is 0.241 e. The van der Waals surface area contributed by atoms with Crippen LogP contribution >= 0.6 is 11.6 Å². The Morgan fingerprint density at radius 3 is 3.00 bits per heavy atom. The molecule has 0 bridgehead atoms. The molecule has 2 rings (SSSR count). The normalized spacial score (nSPS) is 15.3. The van der Waals surface area contributed by atoms with Crippen LogP contribution in [0.3, 0.4) is 0 Å². The Labute approximate surface area is 77.1 Å². The van der Waals surface area contributed by atoms with Gasteiger partial charge >= 0.3 is 0 Å². The average molecular weight is 180 g/mol. The van der Waals surface area contributed by atoms with Gasteiger partial charge in [-0.1, -0.05) is 29.3 Å². The zero-order valence-corrected chi connectivity index (χ0v) is 7.73. The lowest BCUT2D eigenvalue weighted by Crippen LogP contribution is -2.00. The number of pyridine rings is 1. The van der Waals surface area contributed by atoms with Crippen LogP contribution < -0.4 is 0 Å². The number of halogens is 1. The summed E-state index contributed by atoms with van der Waals surface area (Å²) in [5, 5.41) is 0.599. The molecule has 1 nitrogen and oxygen atoms in total. The molecule has 1 heterocycles. The van der Waals surface area contributed by atoms with E-state index in [1.165, 1.54) is 11.1 Å². The number of hydrogen-bond acceptors (Lipinski definition) is 1. The van der Waals surface area contributed by atoms with E-state index in [9.17, 15) is 0 Å². The summed E-state index contributed by atoms with van der Waals surface area (Å²) in [4.78, 5) is 4.27. The van der Waals surface area contributed by atoms with Crippen molar-refractivity contribution in [3.8, 4) is 0 Å². The molecule has 62 valence electrons. The fourth-order valence-corrected chi connectivity index (χ4v) is 1.64. The van der Waals surface area contributed by atoms with E-state index in [2.05, 4.69) is 18.0 Å². The van der Waals surface area contributed by atoms with Crippen LogP contribution in [0.1, 0.15) is 24.6 Å². The SMILES string of the molecule is CC1=Cc2ccc(Cl)nc2CC1. The monoisotopic (exact) mass is 179 g/mol. The maximum atomic E-state index is 5.78. The Morgan fingerprint density at radius 2 is 2.17 bits per heavy atom. The minimum atomic E-state index is 0.599. The molecule has 0 unspecified atom stereocenters. The standard InChI is InChI=1S/C10H10ClN/c1-7-2-4-9-8(6-7)3-5-10(11)12-9/h3,5-6H,2,4H2,1H3. The second-order valence-corrected chi connectivity index (χ2v) is 3.55. The fraction of sp³-hybridized carbons (Fsp3) is 0.300. The van der Waals surface area contributed by atoms with Gasteiger partial charge in [0.15, 0.2) is 0 Å². The van der Waals surface area contributed by atoms with Crippen molar-refractivity contribution in [1.82, 2.24) is 4.98 Å². The first-order chi connectivity index (χ1) is 5.75. The van der Waals surface area contributed by atoms with E-state index < -0.39 is 0 Å². The van der Waals surface area contributed by atoms with Crippen molar-refractivity contribution in [3.63, 3.8) is 0 Å². The Kier molecular flexibility index (Phi) is 1.89. The molecule has 0 atom stereocenters. The quantitative estimate of drug-likeness (QED) is 0.558. The smallest absolute Gasteiger partial charge is 0.129 e. The zero-order valence-electron chi connectivity index (χ0n) is 6.97. The molecule has 0 aromatic carbocycles. The molecular weight excluding hydrogens is 170 g/mol. The van der Waals surface area contributed by atoms with Crippen LogP contribution in [0.2, 0.25) is 5.15 Å². The van der Waals surface area contributed by atoms with Gasteiger partial charge in [-0.05, 0) is 31.4 Å². The fourth-order valence-electron chi connectivity index (χ4n) is 1.47. The van der Waals surface area contributed by atoms with Gasteiger partial charge in [0.05, 0.1) is 0 Å². The Balaban J connectivity index is 2.51. The van der Waals surface area contributed by atoms with Gasteiger partial charge in [0.25, 0.3) is 0 Å². The van der Waals surface area contributed by atoms with E-state index in [1.807, 2.05) is 12.1 Å². The van der Waals surface area contributed by atoms with E-state index in [-0.39, 0.29) is 0 Å². The third kappa shape index (κ3) is 1.37. The molecule has 1 aliphatic carbocycles. The summed E-state index contributed by atoms with van der Waals surface area (Å²) in [5.41, 5.74) is 3.78. The van der Waals surface area contributed by atoms with Crippen molar-refractivity contribution in [3.05, 3.63) is 34.1 Å². The highest BCUT2D eigenvalue weighted by molar-refractivity contribution is 6.29. The second-order valence-electron chi connectivity index (χ2n) is 3.16. The number of hydrogen-bond donors (Lipinski definition) is 0. The highest BCUT2D eigenvalue weighted by Crippen LogP contribution is 2.23. The molecular formula is C10H10ClN. The summed E-state index contributed by atoms with van der Waals surface area (Å²) in [6.45, 7) is 2.15. The topological polar surface area (TPSA) is 12.9 Å². The summed E-state index contributed by atoms with van der Waals surface area (Å²) in [6, 6.07) is 3.88. The summed E-state index contributed by atoms with van der Waals surface area (Å²) in [5.74, 6) is 0. The van der Waals surface area contributed by atoms with Crippen LogP contribution in [0.15, 0.2) is 17.7 Å². The van der Waals surface area contributed by atoms with Crippen molar-refractivity contribution >= 4 is 17.7 Å². The molecule has 1 aromatic heterocycles. The van der Waals surface area contributed by atoms with Crippen molar-refractivity contribution in [1.29, 1.82) is 0 Å². The maximum absolute atomic E-state index is 5.78. The predicted molar refractivity (Wildman–Crippen MR) is 51.2 cm³/mol. The Morgan fingerprint density at radius 1 is 1.33 bits per heavy atom. The minimum Gasteiger partial charge on any atom is -0.241 e. The average Bonchev–Trinajstić information content (AvgIpc) is 2.05. The number of aryl methyl sites for hydroxylation is 1. The van der Waals surface area contributed by atoms with E-state index in [4.69, 9.17) is 11.6 Å². The molecule has 0 fully saturated rings. The Bertz CT molecular complexity index is 342. The predicted octanol–water partition coefficient (Wildman–Crippen LogP) is 3.08. The molecule has 0 amide bonds. The van der Waals surface area contributed by atoms with Gasteiger partial charge in [-0.2, -0.15) is 0 Å². The molecule has 0 saturated carbocycles. The highest BCUT2D eigenvalue weighted by Gasteiger charge is 2.08. The minimum absolute atomic E-state index is 0.599.